The van der Waals surface area contributed by atoms with Crippen LogP contribution in [0.25, 0.3) is 10.8 Å². The van der Waals surface area contributed by atoms with E-state index in [9.17, 15) is 0 Å². The molecule has 2 aromatic rings. The van der Waals surface area contributed by atoms with Crippen molar-refractivity contribution in [2.24, 2.45) is 0 Å². The Hall–Kier alpha value is -1.36. The Kier molecular flexibility index (Phi) is 4.35. The molecule has 0 atom stereocenters. The molecule has 1 saturated heterocycles. The Morgan fingerprint density at radius 3 is 2.90 bits per heavy atom. The Bertz CT molecular complexity index is 584. The maximum Gasteiger partial charge on any atom is 0.139 e. The lowest BCUT2D eigenvalue weighted by molar-refractivity contribution is 0.0398. The number of halogens is 1. The molecular formula is C15H18ClN3O. The molecule has 3 rings (SSSR count). The molecule has 0 amide bonds. The van der Waals surface area contributed by atoms with Crippen molar-refractivity contribution in [3.63, 3.8) is 0 Å². The minimum Gasteiger partial charge on any atom is -0.379 e. The van der Waals surface area contributed by atoms with Gasteiger partial charge >= 0.3 is 0 Å². The van der Waals surface area contributed by atoms with E-state index < -0.39 is 0 Å². The highest BCUT2D eigenvalue weighted by Gasteiger charge is 2.09. The summed E-state index contributed by atoms with van der Waals surface area (Å²) < 4.78 is 5.34. The van der Waals surface area contributed by atoms with Crippen molar-refractivity contribution in [2.45, 2.75) is 0 Å². The molecule has 1 aromatic heterocycles. The fraction of sp³-hybridized carbons (Fsp3) is 0.400. The minimum absolute atomic E-state index is 0.553. The molecule has 5 heteroatoms. The van der Waals surface area contributed by atoms with Crippen LogP contribution in [-0.2, 0) is 4.74 Å². The molecule has 1 aromatic carbocycles. The van der Waals surface area contributed by atoms with Crippen LogP contribution in [0.4, 0.5) is 5.82 Å². The molecule has 4 nitrogen and oxygen atoms in total. The van der Waals surface area contributed by atoms with E-state index in [2.05, 4.69) is 21.3 Å². The van der Waals surface area contributed by atoms with E-state index in [4.69, 9.17) is 16.3 Å². The predicted octanol–water partition coefficient (Wildman–Crippen LogP) is 2.63. The third-order valence-corrected chi connectivity index (χ3v) is 3.82. The summed E-state index contributed by atoms with van der Waals surface area (Å²) in [5.74, 6) is 0.835. The van der Waals surface area contributed by atoms with Crippen molar-refractivity contribution in [3.8, 4) is 0 Å². The number of nitrogens with one attached hydrogen (secondary N) is 1. The molecule has 1 fully saturated rings. The van der Waals surface area contributed by atoms with Crippen LogP contribution in [0.3, 0.4) is 0 Å². The van der Waals surface area contributed by atoms with Crippen molar-refractivity contribution >= 4 is 28.2 Å². The van der Waals surface area contributed by atoms with Gasteiger partial charge in [-0.25, -0.2) is 4.98 Å². The molecule has 0 bridgehead atoms. The van der Waals surface area contributed by atoms with E-state index in [1.54, 1.807) is 0 Å². The van der Waals surface area contributed by atoms with Crippen LogP contribution >= 0.6 is 11.6 Å². The van der Waals surface area contributed by atoms with Gasteiger partial charge in [-0.3, -0.25) is 4.90 Å². The molecule has 0 aliphatic carbocycles. The van der Waals surface area contributed by atoms with Crippen LogP contribution in [0.1, 0.15) is 0 Å². The number of aromatic nitrogens is 1. The zero-order valence-corrected chi connectivity index (χ0v) is 12.1. The van der Waals surface area contributed by atoms with E-state index in [1.165, 1.54) is 0 Å². The summed E-state index contributed by atoms with van der Waals surface area (Å²) in [7, 11) is 0. The van der Waals surface area contributed by atoms with Crippen LogP contribution in [0.5, 0.6) is 0 Å². The Morgan fingerprint density at radius 2 is 2.05 bits per heavy atom. The molecule has 0 saturated carbocycles. The van der Waals surface area contributed by atoms with Gasteiger partial charge in [0.1, 0.15) is 11.0 Å². The van der Waals surface area contributed by atoms with Crippen LogP contribution in [0, 0.1) is 0 Å². The van der Waals surface area contributed by atoms with Gasteiger partial charge in [-0.2, -0.15) is 0 Å². The van der Waals surface area contributed by atoms with E-state index in [1.807, 2.05) is 24.3 Å². The van der Waals surface area contributed by atoms with Crippen molar-refractivity contribution in [1.82, 2.24) is 9.88 Å². The van der Waals surface area contributed by atoms with Crippen LogP contribution in [0.2, 0.25) is 5.15 Å². The maximum absolute atomic E-state index is 6.21. The molecular weight excluding hydrogens is 274 g/mol. The van der Waals surface area contributed by atoms with Crippen molar-refractivity contribution in [3.05, 3.63) is 35.5 Å². The van der Waals surface area contributed by atoms with E-state index in [-0.39, 0.29) is 0 Å². The number of pyridine rings is 1. The van der Waals surface area contributed by atoms with Gasteiger partial charge in [0.15, 0.2) is 0 Å². The van der Waals surface area contributed by atoms with Crippen LogP contribution < -0.4 is 5.32 Å². The maximum atomic E-state index is 6.21. The third-order valence-electron chi connectivity index (χ3n) is 3.53. The third kappa shape index (κ3) is 3.20. The summed E-state index contributed by atoms with van der Waals surface area (Å²) in [5.41, 5.74) is 0. The average Bonchev–Trinajstić information content (AvgIpc) is 2.48. The molecule has 0 radical (unpaired) electrons. The van der Waals surface area contributed by atoms with Gasteiger partial charge in [0, 0.05) is 31.6 Å². The second-order valence-corrected chi connectivity index (χ2v) is 5.26. The monoisotopic (exact) mass is 291 g/mol. The molecule has 20 heavy (non-hydrogen) atoms. The second-order valence-electron chi connectivity index (χ2n) is 4.90. The summed E-state index contributed by atoms with van der Waals surface area (Å²) in [5, 5.41) is 6.01. The van der Waals surface area contributed by atoms with Gasteiger partial charge in [0.25, 0.3) is 0 Å². The fourth-order valence-corrected chi connectivity index (χ4v) is 2.68. The summed E-state index contributed by atoms with van der Waals surface area (Å²) in [4.78, 5) is 6.78. The zero-order chi connectivity index (χ0) is 13.8. The molecule has 1 aliphatic heterocycles. The molecule has 1 aliphatic rings. The number of anilines is 1. The van der Waals surface area contributed by atoms with Crippen molar-refractivity contribution in [2.75, 3.05) is 44.7 Å². The second kappa shape index (κ2) is 6.39. The summed E-state index contributed by atoms with van der Waals surface area (Å²) in [6, 6.07) is 10.1. The number of fused-ring (bicyclic) bond motifs is 1. The molecule has 106 valence electrons. The van der Waals surface area contributed by atoms with Gasteiger partial charge in [-0.05, 0) is 11.5 Å². The number of benzene rings is 1. The number of morpholine rings is 1. The first-order valence-corrected chi connectivity index (χ1v) is 7.30. The van der Waals surface area contributed by atoms with Crippen LogP contribution in [0.15, 0.2) is 30.3 Å². The van der Waals surface area contributed by atoms with E-state index in [0.29, 0.717) is 5.15 Å². The largest absolute Gasteiger partial charge is 0.379 e. The lowest BCUT2D eigenvalue weighted by atomic mass is 10.2. The van der Waals surface area contributed by atoms with Gasteiger partial charge in [-0.1, -0.05) is 35.9 Å². The summed E-state index contributed by atoms with van der Waals surface area (Å²) >= 11 is 6.21. The highest BCUT2D eigenvalue weighted by Crippen LogP contribution is 2.24. The lowest BCUT2D eigenvalue weighted by Crippen LogP contribution is -2.39. The molecule has 2 heterocycles. The van der Waals surface area contributed by atoms with Crippen molar-refractivity contribution < 1.29 is 4.74 Å². The summed E-state index contributed by atoms with van der Waals surface area (Å²) in [6.45, 7) is 5.54. The van der Waals surface area contributed by atoms with E-state index >= 15 is 0 Å². The standard InChI is InChI=1S/C15H18ClN3O/c16-15-13-4-2-1-3-12(13)11-14(18-15)17-5-6-19-7-9-20-10-8-19/h1-4,11H,5-10H2,(H,17,18). The average molecular weight is 292 g/mol. The van der Waals surface area contributed by atoms with Gasteiger partial charge in [0.05, 0.1) is 13.2 Å². The van der Waals surface area contributed by atoms with Crippen LogP contribution in [-0.4, -0.2) is 49.3 Å². The van der Waals surface area contributed by atoms with E-state index in [0.717, 1.165) is 56.0 Å². The van der Waals surface area contributed by atoms with Gasteiger partial charge in [0.2, 0.25) is 0 Å². The smallest absolute Gasteiger partial charge is 0.139 e. The summed E-state index contributed by atoms with van der Waals surface area (Å²) in [6.07, 6.45) is 0. The minimum atomic E-state index is 0.553. The quantitative estimate of drug-likeness (QED) is 0.879. The lowest BCUT2D eigenvalue weighted by Gasteiger charge is -2.26. The first-order valence-electron chi connectivity index (χ1n) is 6.92. The van der Waals surface area contributed by atoms with Gasteiger partial charge < -0.3 is 10.1 Å². The fourth-order valence-electron chi connectivity index (χ4n) is 2.41. The first-order chi connectivity index (χ1) is 9.83. The molecule has 0 spiro atoms. The first kappa shape index (κ1) is 13.6. The number of hydrogen-bond acceptors (Lipinski definition) is 4. The Morgan fingerprint density at radius 1 is 1.25 bits per heavy atom. The zero-order valence-electron chi connectivity index (χ0n) is 11.3. The Labute approximate surface area is 123 Å². The normalized spacial score (nSPS) is 16.4. The van der Waals surface area contributed by atoms with Gasteiger partial charge in [-0.15, -0.1) is 0 Å². The predicted molar refractivity (Wildman–Crippen MR) is 82.5 cm³/mol. The highest BCUT2D eigenvalue weighted by atomic mass is 35.5. The van der Waals surface area contributed by atoms with Crippen molar-refractivity contribution in [1.29, 1.82) is 0 Å². The molecule has 1 N–H and O–H groups in total. The number of rotatable bonds is 4. The Balaban J connectivity index is 1.62. The number of hydrogen-bond donors (Lipinski definition) is 1. The number of ether oxygens (including phenoxy) is 1. The molecule has 0 unspecified atom stereocenters. The number of nitrogens with zero attached hydrogens (tertiary/aromatic N) is 2. The highest BCUT2D eigenvalue weighted by molar-refractivity contribution is 6.34. The topological polar surface area (TPSA) is 37.4 Å². The SMILES string of the molecule is Clc1nc(NCCN2CCOCC2)cc2ccccc12.